The van der Waals surface area contributed by atoms with Gasteiger partial charge in [0.2, 0.25) is 0 Å². The minimum Gasteiger partial charge on any atom is -0.485 e. The molecule has 35 heavy (non-hydrogen) atoms. The van der Waals surface area contributed by atoms with Crippen molar-refractivity contribution in [3.8, 4) is 5.75 Å². The number of thiophene rings is 1. The van der Waals surface area contributed by atoms with Gasteiger partial charge in [0.1, 0.15) is 17.0 Å². The maximum atomic E-state index is 13.2. The molecule has 4 rings (SSSR count). The molecule has 0 spiro atoms. The molecule has 0 radical (unpaired) electrons. The van der Waals surface area contributed by atoms with E-state index in [0.29, 0.717) is 43.2 Å². The molecule has 1 aliphatic heterocycles. The van der Waals surface area contributed by atoms with Gasteiger partial charge in [-0.05, 0) is 48.1 Å². The lowest BCUT2D eigenvalue weighted by atomic mass is 10.1. The fraction of sp³-hybridized carbons (Fsp3) is 0.320. The zero-order chi connectivity index (χ0) is 24.8. The van der Waals surface area contributed by atoms with Crippen LogP contribution in [0.1, 0.15) is 39.7 Å². The minimum atomic E-state index is -0.771. The molecule has 184 valence electrons. The van der Waals surface area contributed by atoms with Crippen molar-refractivity contribution in [2.75, 3.05) is 31.6 Å². The summed E-state index contributed by atoms with van der Waals surface area (Å²) in [6.45, 7) is 2.02. The van der Waals surface area contributed by atoms with E-state index in [1.54, 1.807) is 23.6 Å². The number of benzene rings is 1. The number of halogens is 1. The van der Waals surface area contributed by atoms with Crippen molar-refractivity contribution in [3.63, 3.8) is 0 Å². The van der Waals surface area contributed by atoms with Crippen LogP contribution in [0, 0.1) is 0 Å². The predicted molar refractivity (Wildman–Crippen MR) is 136 cm³/mol. The summed E-state index contributed by atoms with van der Waals surface area (Å²) in [7, 11) is 1.95. The standard InChI is InChI=1S/C25H27ClN4O4S/c1-29-10-11-30(24(31)19-15-28-23(26)14-20(19)29)16-17-6-8-18(9-7-17)34-21(22-5-3-13-35-22)4-2-12-33-25(27)32/h3,5-9,13-15,21H,2,4,10-12,16H2,1H3,(H2,27,32). The van der Waals surface area contributed by atoms with E-state index < -0.39 is 6.09 Å². The molecule has 0 saturated heterocycles. The Bertz CT molecular complexity index is 1160. The zero-order valence-electron chi connectivity index (χ0n) is 19.4. The third-order valence-corrected chi connectivity index (χ3v) is 6.94. The highest BCUT2D eigenvalue weighted by Crippen LogP contribution is 2.30. The van der Waals surface area contributed by atoms with Crippen LogP contribution < -0.4 is 15.4 Å². The molecule has 0 fully saturated rings. The Kier molecular flexibility index (Phi) is 8.09. The summed E-state index contributed by atoms with van der Waals surface area (Å²) < 4.78 is 11.1. The van der Waals surface area contributed by atoms with Crippen molar-refractivity contribution in [3.05, 3.63) is 75.2 Å². The first-order valence-electron chi connectivity index (χ1n) is 11.3. The van der Waals surface area contributed by atoms with Gasteiger partial charge in [-0.25, -0.2) is 9.78 Å². The summed E-state index contributed by atoms with van der Waals surface area (Å²) in [5, 5.41) is 2.38. The van der Waals surface area contributed by atoms with Crippen LogP contribution in [-0.2, 0) is 11.3 Å². The number of primary amides is 1. The van der Waals surface area contributed by atoms with Gasteiger partial charge >= 0.3 is 6.09 Å². The summed E-state index contributed by atoms with van der Waals surface area (Å²) in [6.07, 6.45) is 1.94. The number of hydrogen-bond donors (Lipinski definition) is 1. The van der Waals surface area contributed by atoms with Crippen LogP contribution in [0.15, 0.2) is 54.0 Å². The van der Waals surface area contributed by atoms with Crippen molar-refractivity contribution < 1.29 is 19.1 Å². The van der Waals surface area contributed by atoms with Crippen LogP contribution in [0.4, 0.5) is 10.5 Å². The Labute approximate surface area is 213 Å². The lowest BCUT2D eigenvalue weighted by Gasteiger charge is -2.22. The maximum Gasteiger partial charge on any atom is 0.404 e. The number of amides is 2. The number of hydrogen-bond acceptors (Lipinski definition) is 7. The molecule has 2 aromatic heterocycles. The first kappa shape index (κ1) is 24.8. The minimum absolute atomic E-state index is 0.0650. The fourth-order valence-corrected chi connectivity index (χ4v) is 4.89. The van der Waals surface area contributed by atoms with Gasteiger partial charge in [-0.3, -0.25) is 4.79 Å². The number of carbonyl (C=O) groups is 2. The van der Waals surface area contributed by atoms with E-state index in [1.165, 1.54) is 0 Å². The second kappa shape index (κ2) is 11.4. The van der Waals surface area contributed by atoms with Crippen LogP contribution in [-0.4, -0.2) is 48.6 Å². The van der Waals surface area contributed by atoms with E-state index in [0.717, 1.165) is 21.9 Å². The first-order chi connectivity index (χ1) is 16.9. The Hall–Kier alpha value is -3.30. The molecule has 1 aliphatic rings. The van der Waals surface area contributed by atoms with Crippen molar-refractivity contribution >= 4 is 40.6 Å². The zero-order valence-corrected chi connectivity index (χ0v) is 20.9. The first-order valence-corrected chi connectivity index (χ1v) is 12.5. The number of aromatic nitrogens is 1. The molecule has 1 aromatic carbocycles. The summed E-state index contributed by atoms with van der Waals surface area (Å²) in [5.41, 5.74) is 7.38. The van der Waals surface area contributed by atoms with Crippen LogP contribution in [0.2, 0.25) is 5.15 Å². The number of ether oxygens (including phenoxy) is 2. The molecule has 3 heterocycles. The fourth-order valence-electron chi connectivity index (χ4n) is 3.95. The second-order valence-electron chi connectivity index (χ2n) is 8.25. The molecule has 0 bridgehead atoms. The topological polar surface area (TPSA) is 98.0 Å². The lowest BCUT2D eigenvalue weighted by Crippen LogP contribution is -2.33. The molecular formula is C25H27ClN4O4S. The largest absolute Gasteiger partial charge is 0.485 e. The predicted octanol–water partition coefficient (Wildman–Crippen LogP) is 4.88. The van der Waals surface area contributed by atoms with Gasteiger partial charge in [0.05, 0.1) is 17.9 Å². The molecule has 1 atom stereocenters. The summed E-state index contributed by atoms with van der Waals surface area (Å²) in [6, 6.07) is 13.5. The summed E-state index contributed by atoms with van der Waals surface area (Å²) in [5.74, 6) is 0.666. The van der Waals surface area contributed by atoms with E-state index in [-0.39, 0.29) is 18.6 Å². The number of rotatable bonds is 9. The molecule has 2 N–H and O–H groups in total. The number of nitrogens with zero attached hydrogens (tertiary/aromatic N) is 3. The number of pyridine rings is 1. The normalized spacial score (nSPS) is 14.3. The SMILES string of the molecule is CN1CCN(Cc2ccc(OC(CCCOC(N)=O)c3cccs3)cc2)C(=O)c2cnc(Cl)cc21. The number of likely N-dealkylation sites (N-methyl/N-ethyl adjacent to an activating group) is 1. The van der Waals surface area contributed by atoms with Crippen molar-refractivity contribution in [2.45, 2.75) is 25.5 Å². The molecule has 8 nitrogen and oxygen atoms in total. The summed E-state index contributed by atoms with van der Waals surface area (Å²) in [4.78, 5) is 33.0. The second-order valence-corrected chi connectivity index (χ2v) is 9.61. The lowest BCUT2D eigenvalue weighted by molar-refractivity contribution is 0.0754. The average Bonchev–Trinajstić information content (AvgIpc) is 3.35. The van der Waals surface area contributed by atoms with E-state index >= 15 is 0 Å². The van der Waals surface area contributed by atoms with Crippen molar-refractivity contribution in [1.82, 2.24) is 9.88 Å². The van der Waals surface area contributed by atoms with Gasteiger partial charge in [0.15, 0.2) is 0 Å². The molecular weight excluding hydrogens is 488 g/mol. The number of anilines is 1. The Balaban J connectivity index is 1.41. The molecule has 10 heteroatoms. The summed E-state index contributed by atoms with van der Waals surface area (Å²) >= 11 is 7.66. The van der Waals surface area contributed by atoms with Crippen LogP contribution in [0.5, 0.6) is 5.75 Å². The van der Waals surface area contributed by atoms with Crippen LogP contribution in [0.25, 0.3) is 0 Å². The molecule has 0 aliphatic carbocycles. The highest BCUT2D eigenvalue weighted by Gasteiger charge is 2.26. The molecule has 3 aromatic rings. The van der Waals surface area contributed by atoms with Gasteiger partial charge in [0, 0.05) is 37.8 Å². The number of carbonyl (C=O) groups excluding carboxylic acids is 2. The average molecular weight is 515 g/mol. The highest BCUT2D eigenvalue weighted by molar-refractivity contribution is 7.10. The number of fused-ring (bicyclic) bond motifs is 1. The van der Waals surface area contributed by atoms with Gasteiger partial charge in [-0.15, -0.1) is 11.3 Å². The highest BCUT2D eigenvalue weighted by atomic mass is 35.5. The van der Waals surface area contributed by atoms with E-state index in [2.05, 4.69) is 4.98 Å². The van der Waals surface area contributed by atoms with E-state index in [4.69, 9.17) is 26.8 Å². The van der Waals surface area contributed by atoms with Gasteiger partial charge in [-0.1, -0.05) is 29.8 Å². The van der Waals surface area contributed by atoms with Gasteiger partial charge in [-0.2, -0.15) is 0 Å². The maximum absolute atomic E-state index is 13.2. The Morgan fingerprint density at radius 2 is 2.06 bits per heavy atom. The molecule has 1 unspecified atom stereocenters. The van der Waals surface area contributed by atoms with Crippen LogP contribution >= 0.6 is 22.9 Å². The third-order valence-electron chi connectivity index (χ3n) is 5.77. The quantitative estimate of drug-likeness (QED) is 0.322. The van der Waals surface area contributed by atoms with Crippen molar-refractivity contribution in [1.29, 1.82) is 0 Å². The van der Waals surface area contributed by atoms with Gasteiger partial charge in [0.25, 0.3) is 5.91 Å². The third kappa shape index (κ3) is 6.43. The molecule has 2 amide bonds. The Morgan fingerprint density at radius 3 is 2.77 bits per heavy atom. The molecule has 0 saturated carbocycles. The van der Waals surface area contributed by atoms with Crippen LogP contribution in [0.3, 0.4) is 0 Å². The van der Waals surface area contributed by atoms with Crippen molar-refractivity contribution in [2.24, 2.45) is 5.73 Å². The van der Waals surface area contributed by atoms with E-state index in [9.17, 15) is 9.59 Å². The smallest absolute Gasteiger partial charge is 0.404 e. The Morgan fingerprint density at radius 1 is 1.26 bits per heavy atom. The number of nitrogens with two attached hydrogens (primary N) is 1. The van der Waals surface area contributed by atoms with E-state index in [1.807, 2.05) is 58.6 Å². The monoisotopic (exact) mass is 514 g/mol. The van der Waals surface area contributed by atoms with Gasteiger partial charge < -0.3 is 25.0 Å².